The summed E-state index contributed by atoms with van der Waals surface area (Å²) in [6.07, 6.45) is -3.06. The molecule has 2 heterocycles. The number of carboxylic acid groups (broad SMARTS) is 1. The van der Waals surface area contributed by atoms with Crippen molar-refractivity contribution in [2.75, 3.05) is 19.7 Å². The van der Waals surface area contributed by atoms with E-state index in [9.17, 15) is 24.6 Å². The Morgan fingerprint density at radius 2 is 2.11 bits per heavy atom. The molecule has 1 fully saturated rings. The summed E-state index contributed by atoms with van der Waals surface area (Å²) in [5.74, 6) is -3.57. The number of hydrogen-bond donors (Lipinski definition) is 6. The van der Waals surface area contributed by atoms with Crippen LogP contribution in [-0.4, -0.2) is 83.9 Å². The van der Waals surface area contributed by atoms with Gasteiger partial charge in [0.2, 0.25) is 11.7 Å². The molecule has 5 atom stereocenters. The zero-order valence-corrected chi connectivity index (χ0v) is 14.6. The molecule has 0 aromatic rings. The van der Waals surface area contributed by atoms with E-state index in [4.69, 9.17) is 20.9 Å². The number of aliphatic hydroxyl groups is 1. The average Bonchev–Trinajstić information content (AvgIpc) is 2.61. The van der Waals surface area contributed by atoms with Gasteiger partial charge in [-0.2, -0.15) is 0 Å². The van der Waals surface area contributed by atoms with Crippen molar-refractivity contribution in [2.45, 2.75) is 37.3 Å². The first-order valence-electron chi connectivity index (χ1n) is 8.22. The molecule has 1 unspecified atom stereocenters. The number of amides is 1. The molecule has 0 aromatic heterocycles. The van der Waals surface area contributed by atoms with Crippen LogP contribution in [-0.2, 0) is 23.9 Å². The first-order chi connectivity index (χ1) is 12.7. The van der Waals surface area contributed by atoms with E-state index in [-0.39, 0.29) is 19.1 Å². The van der Waals surface area contributed by atoms with Crippen molar-refractivity contribution in [1.82, 2.24) is 10.6 Å². The number of hydrogen-bond acceptors (Lipinski definition) is 8. The SMILES string of the molecule is CC(=O)N[C@@H]1[C@@H](N=C(N)N)C=C(C(=O)O)O[C@H]1C(O)C(=O)[C@H]1CNCCO1. The molecule has 12 heteroatoms. The molecule has 0 spiro atoms. The van der Waals surface area contributed by atoms with Gasteiger partial charge >= 0.3 is 5.97 Å². The van der Waals surface area contributed by atoms with Crippen molar-refractivity contribution < 1.29 is 34.1 Å². The smallest absolute Gasteiger partial charge is 0.370 e. The van der Waals surface area contributed by atoms with E-state index in [0.717, 1.165) is 6.08 Å². The molecule has 1 amide bonds. The number of ether oxygens (including phenoxy) is 2. The second kappa shape index (κ2) is 8.79. The highest BCUT2D eigenvalue weighted by molar-refractivity contribution is 5.89. The third-order valence-corrected chi connectivity index (χ3v) is 4.03. The fourth-order valence-electron chi connectivity index (χ4n) is 2.89. The minimum Gasteiger partial charge on any atom is -0.478 e. The Bertz CT molecular complexity index is 655. The Labute approximate surface area is 154 Å². The van der Waals surface area contributed by atoms with Gasteiger partial charge in [0.15, 0.2) is 24.0 Å². The van der Waals surface area contributed by atoms with E-state index in [1.54, 1.807) is 0 Å². The van der Waals surface area contributed by atoms with Crippen molar-refractivity contribution >= 4 is 23.6 Å². The zero-order chi connectivity index (χ0) is 20.1. The topological polar surface area (TPSA) is 199 Å². The zero-order valence-electron chi connectivity index (χ0n) is 14.6. The minimum absolute atomic E-state index is 0.187. The number of carbonyl (C=O) groups excluding carboxylic acids is 2. The fourth-order valence-corrected chi connectivity index (χ4v) is 2.89. The fraction of sp³-hybridized carbons (Fsp3) is 0.600. The molecular weight excluding hydrogens is 362 g/mol. The van der Waals surface area contributed by atoms with E-state index in [1.165, 1.54) is 6.92 Å². The molecule has 0 saturated carbocycles. The summed E-state index contributed by atoms with van der Waals surface area (Å²) in [5, 5.41) is 25.3. The van der Waals surface area contributed by atoms with Crippen LogP contribution in [0.5, 0.6) is 0 Å². The van der Waals surface area contributed by atoms with Crippen molar-refractivity contribution in [2.24, 2.45) is 16.5 Å². The number of rotatable bonds is 6. The number of nitrogens with one attached hydrogen (secondary N) is 2. The third-order valence-electron chi connectivity index (χ3n) is 4.03. The summed E-state index contributed by atoms with van der Waals surface area (Å²) in [4.78, 5) is 39.4. The number of carbonyl (C=O) groups is 3. The Balaban J connectivity index is 2.35. The predicted molar refractivity (Wildman–Crippen MR) is 91.4 cm³/mol. The van der Waals surface area contributed by atoms with Crippen LogP contribution in [0, 0.1) is 0 Å². The predicted octanol–water partition coefficient (Wildman–Crippen LogP) is -3.58. The molecule has 0 bridgehead atoms. The normalized spacial score (nSPS) is 28.9. The van der Waals surface area contributed by atoms with Gasteiger partial charge in [0.1, 0.15) is 6.10 Å². The number of ketones is 1. The largest absolute Gasteiger partial charge is 0.478 e. The van der Waals surface area contributed by atoms with Crippen LogP contribution in [0.3, 0.4) is 0 Å². The van der Waals surface area contributed by atoms with Gasteiger partial charge in [-0.25, -0.2) is 9.79 Å². The summed E-state index contributed by atoms with van der Waals surface area (Å²) in [6, 6.07) is -2.14. The maximum Gasteiger partial charge on any atom is 0.370 e. The lowest BCUT2D eigenvalue weighted by Crippen LogP contribution is -2.60. The molecule has 2 aliphatic heterocycles. The van der Waals surface area contributed by atoms with E-state index in [1.807, 2.05) is 0 Å². The van der Waals surface area contributed by atoms with Gasteiger partial charge in [-0.3, -0.25) is 9.59 Å². The van der Waals surface area contributed by atoms with Gasteiger partial charge in [0, 0.05) is 20.0 Å². The molecule has 1 saturated heterocycles. The molecule has 0 aliphatic carbocycles. The Hall–Kier alpha value is -2.70. The summed E-state index contributed by atoms with van der Waals surface area (Å²) in [5.41, 5.74) is 10.8. The second-order valence-corrected chi connectivity index (χ2v) is 6.10. The number of guanidine groups is 1. The number of Topliss-reactive ketones (excluding diaryl/α,β-unsaturated/α-hetero) is 1. The first-order valence-corrected chi connectivity index (χ1v) is 8.22. The molecule has 12 nitrogen and oxygen atoms in total. The number of aliphatic carboxylic acids is 1. The monoisotopic (exact) mass is 385 g/mol. The maximum absolute atomic E-state index is 12.6. The maximum atomic E-state index is 12.6. The Morgan fingerprint density at radius 1 is 1.41 bits per heavy atom. The van der Waals surface area contributed by atoms with Gasteiger partial charge in [0.05, 0.1) is 18.7 Å². The number of nitrogens with two attached hydrogens (primary N) is 2. The van der Waals surface area contributed by atoms with Crippen LogP contribution in [0.15, 0.2) is 16.8 Å². The molecule has 2 aliphatic rings. The number of carboxylic acids is 1. The van der Waals surface area contributed by atoms with Gasteiger partial charge < -0.3 is 41.8 Å². The third kappa shape index (κ3) is 5.15. The van der Waals surface area contributed by atoms with Crippen molar-refractivity contribution in [3.8, 4) is 0 Å². The minimum atomic E-state index is -1.79. The highest BCUT2D eigenvalue weighted by Crippen LogP contribution is 2.24. The lowest BCUT2D eigenvalue weighted by atomic mass is 9.91. The van der Waals surface area contributed by atoms with Gasteiger partial charge in [-0.05, 0) is 6.08 Å². The molecule has 0 aromatic carbocycles. The van der Waals surface area contributed by atoms with E-state index >= 15 is 0 Å². The van der Waals surface area contributed by atoms with E-state index < -0.39 is 53.8 Å². The van der Waals surface area contributed by atoms with E-state index in [0.29, 0.717) is 6.54 Å². The summed E-state index contributed by atoms with van der Waals surface area (Å²) in [6.45, 7) is 2.24. The summed E-state index contributed by atoms with van der Waals surface area (Å²) >= 11 is 0. The van der Waals surface area contributed by atoms with Crippen LogP contribution in [0.2, 0.25) is 0 Å². The number of aliphatic imine (C=N–C) groups is 1. The van der Waals surface area contributed by atoms with Gasteiger partial charge in [-0.15, -0.1) is 0 Å². The lowest BCUT2D eigenvalue weighted by Gasteiger charge is -2.38. The summed E-state index contributed by atoms with van der Waals surface area (Å²) < 4.78 is 10.6. The quantitative estimate of drug-likeness (QED) is 0.196. The van der Waals surface area contributed by atoms with E-state index in [2.05, 4.69) is 15.6 Å². The average molecular weight is 385 g/mol. The number of morpholine rings is 1. The Kier molecular flexibility index (Phi) is 6.71. The first kappa shape index (κ1) is 20.6. The molecule has 27 heavy (non-hydrogen) atoms. The number of aliphatic hydroxyl groups excluding tert-OH is 1. The van der Waals surface area contributed by atoms with Crippen LogP contribution in [0.1, 0.15) is 6.92 Å². The molecule has 2 rings (SSSR count). The van der Waals surface area contributed by atoms with Crippen molar-refractivity contribution in [3.63, 3.8) is 0 Å². The highest BCUT2D eigenvalue weighted by Gasteiger charge is 2.45. The van der Waals surface area contributed by atoms with Gasteiger partial charge in [0.25, 0.3) is 0 Å². The standard InChI is InChI=1S/C15H23N5O7/c1-6(21)19-10-7(20-15(16)17)4-8(14(24)25)27-13(10)12(23)11(22)9-5-18-2-3-26-9/h4,7,9-10,12-13,18,23H,2-3,5H2,1H3,(H,19,21)(H,24,25)(H4,16,17,20)/t7-,9+,10+,12?,13+/m0/s1. The van der Waals surface area contributed by atoms with Crippen molar-refractivity contribution in [3.05, 3.63) is 11.8 Å². The Morgan fingerprint density at radius 3 is 2.63 bits per heavy atom. The molecular formula is C15H23N5O7. The van der Waals surface area contributed by atoms with Crippen LogP contribution >= 0.6 is 0 Å². The van der Waals surface area contributed by atoms with Crippen molar-refractivity contribution in [1.29, 1.82) is 0 Å². The lowest BCUT2D eigenvalue weighted by molar-refractivity contribution is -0.154. The van der Waals surface area contributed by atoms with Gasteiger partial charge in [-0.1, -0.05) is 0 Å². The highest BCUT2D eigenvalue weighted by atomic mass is 16.5. The summed E-state index contributed by atoms with van der Waals surface area (Å²) in [7, 11) is 0. The molecule has 150 valence electrons. The molecule has 8 N–H and O–H groups in total. The van der Waals surface area contributed by atoms with Crippen LogP contribution < -0.4 is 22.1 Å². The molecule has 0 radical (unpaired) electrons. The van der Waals surface area contributed by atoms with Crippen LogP contribution in [0.25, 0.3) is 0 Å². The van der Waals surface area contributed by atoms with Crippen LogP contribution in [0.4, 0.5) is 0 Å². The second-order valence-electron chi connectivity index (χ2n) is 6.10. The number of nitrogens with zero attached hydrogens (tertiary/aromatic N) is 1.